The number of anilines is 1. The van der Waals surface area contributed by atoms with E-state index >= 15 is 0 Å². The van der Waals surface area contributed by atoms with Gasteiger partial charge in [0.05, 0.1) is 12.2 Å². The molecule has 2 heterocycles. The second-order valence-corrected chi connectivity index (χ2v) is 4.93. The highest BCUT2D eigenvalue weighted by Crippen LogP contribution is 2.30. The van der Waals surface area contributed by atoms with E-state index in [0.717, 1.165) is 5.56 Å². The molecule has 21 heavy (non-hydrogen) atoms. The predicted molar refractivity (Wildman–Crippen MR) is 74.9 cm³/mol. The van der Waals surface area contributed by atoms with Crippen molar-refractivity contribution in [2.24, 2.45) is 0 Å². The number of nitrogens with one attached hydrogen (secondary N) is 2. The molecule has 2 aromatic rings. The van der Waals surface area contributed by atoms with E-state index in [0.29, 0.717) is 29.7 Å². The first-order chi connectivity index (χ1) is 10.1. The molecule has 0 saturated carbocycles. The van der Waals surface area contributed by atoms with Gasteiger partial charge >= 0.3 is 0 Å². The van der Waals surface area contributed by atoms with Crippen LogP contribution in [0.25, 0.3) is 0 Å². The Labute approximate surface area is 121 Å². The van der Waals surface area contributed by atoms with Crippen LogP contribution in [0.5, 0.6) is 5.75 Å². The Hall–Kier alpha value is -2.41. The van der Waals surface area contributed by atoms with Crippen LogP contribution < -0.4 is 15.4 Å². The van der Waals surface area contributed by atoms with Crippen LogP contribution in [0, 0.1) is 6.92 Å². The zero-order chi connectivity index (χ0) is 14.8. The average Bonchev–Trinajstić information content (AvgIpc) is 2.89. The summed E-state index contributed by atoms with van der Waals surface area (Å²) in [4.78, 5) is 15.5. The molecular weight excluding hydrogens is 272 g/mol. The summed E-state index contributed by atoms with van der Waals surface area (Å²) in [5.74, 6) is 1.72. The first-order valence-corrected chi connectivity index (χ1v) is 6.71. The summed E-state index contributed by atoms with van der Waals surface area (Å²) in [5, 5.41) is 9.84. The number of fused-ring (bicyclic) bond motifs is 1. The second kappa shape index (κ2) is 5.53. The molecule has 0 radical (unpaired) electrons. The number of amides is 1. The van der Waals surface area contributed by atoms with Gasteiger partial charge in [-0.05, 0) is 31.5 Å². The first-order valence-electron chi connectivity index (χ1n) is 6.71. The minimum absolute atomic E-state index is 0.0661. The number of hydrogen-bond donors (Lipinski definition) is 2. The lowest BCUT2D eigenvalue weighted by atomic mass is 10.1. The summed E-state index contributed by atoms with van der Waals surface area (Å²) in [6.45, 7) is 4.36. The normalized spacial score (nSPS) is 15.0. The van der Waals surface area contributed by atoms with Crippen LogP contribution in [-0.2, 0) is 11.3 Å². The Morgan fingerprint density at radius 3 is 3.10 bits per heavy atom. The van der Waals surface area contributed by atoms with E-state index < -0.39 is 0 Å². The molecule has 1 unspecified atom stereocenters. The SMILES string of the molecule is Cc1noc(CNC(C)c2ccc3c(c2)NC(=O)CO3)n1. The molecule has 1 aromatic carbocycles. The predicted octanol–water partition coefficient (Wildman–Crippen LogP) is 1.56. The fraction of sp³-hybridized carbons (Fsp3) is 0.357. The van der Waals surface area contributed by atoms with Crippen molar-refractivity contribution in [3.63, 3.8) is 0 Å². The van der Waals surface area contributed by atoms with Gasteiger partial charge in [0.1, 0.15) is 5.75 Å². The number of aromatic nitrogens is 2. The maximum atomic E-state index is 11.3. The van der Waals surface area contributed by atoms with Gasteiger partial charge in [0.2, 0.25) is 5.89 Å². The van der Waals surface area contributed by atoms with E-state index in [1.807, 2.05) is 25.1 Å². The maximum Gasteiger partial charge on any atom is 0.262 e. The van der Waals surface area contributed by atoms with E-state index in [1.165, 1.54) is 0 Å². The number of hydrogen-bond acceptors (Lipinski definition) is 6. The fourth-order valence-electron chi connectivity index (χ4n) is 2.14. The minimum Gasteiger partial charge on any atom is -0.482 e. The summed E-state index contributed by atoms with van der Waals surface area (Å²) in [6, 6.07) is 5.80. The van der Waals surface area contributed by atoms with Crippen molar-refractivity contribution < 1.29 is 14.1 Å². The maximum absolute atomic E-state index is 11.3. The highest BCUT2D eigenvalue weighted by molar-refractivity contribution is 5.95. The Morgan fingerprint density at radius 2 is 2.33 bits per heavy atom. The van der Waals surface area contributed by atoms with Crippen LogP contribution in [0.3, 0.4) is 0 Å². The molecule has 0 spiro atoms. The minimum atomic E-state index is -0.137. The van der Waals surface area contributed by atoms with Gasteiger partial charge in [-0.15, -0.1) is 0 Å². The van der Waals surface area contributed by atoms with Crippen LogP contribution in [-0.4, -0.2) is 22.7 Å². The molecule has 2 N–H and O–H groups in total. The van der Waals surface area contributed by atoms with E-state index in [4.69, 9.17) is 9.26 Å². The van der Waals surface area contributed by atoms with E-state index in [2.05, 4.69) is 20.8 Å². The molecular formula is C14H16N4O3. The smallest absolute Gasteiger partial charge is 0.262 e. The highest BCUT2D eigenvalue weighted by Gasteiger charge is 2.17. The third-order valence-corrected chi connectivity index (χ3v) is 3.27. The van der Waals surface area contributed by atoms with Gasteiger partial charge in [0.25, 0.3) is 5.91 Å². The number of carbonyl (C=O) groups is 1. The van der Waals surface area contributed by atoms with E-state index in [-0.39, 0.29) is 18.6 Å². The summed E-state index contributed by atoms with van der Waals surface area (Å²) in [6.07, 6.45) is 0. The lowest BCUT2D eigenvalue weighted by Crippen LogP contribution is -2.26. The second-order valence-electron chi connectivity index (χ2n) is 4.93. The van der Waals surface area contributed by atoms with Crippen molar-refractivity contribution >= 4 is 11.6 Å². The molecule has 0 fully saturated rings. The lowest BCUT2D eigenvalue weighted by Gasteiger charge is -2.20. The van der Waals surface area contributed by atoms with Crippen molar-refractivity contribution in [1.82, 2.24) is 15.5 Å². The molecule has 1 atom stereocenters. The molecule has 0 aliphatic carbocycles. The number of aryl methyl sites for hydroxylation is 1. The van der Waals surface area contributed by atoms with Crippen molar-refractivity contribution in [3.05, 3.63) is 35.5 Å². The van der Waals surface area contributed by atoms with Gasteiger partial charge in [-0.1, -0.05) is 11.2 Å². The number of rotatable bonds is 4. The van der Waals surface area contributed by atoms with Crippen molar-refractivity contribution in [3.8, 4) is 5.75 Å². The molecule has 110 valence electrons. The van der Waals surface area contributed by atoms with Gasteiger partial charge in [-0.25, -0.2) is 0 Å². The summed E-state index contributed by atoms with van der Waals surface area (Å²) < 4.78 is 10.4. The van der Waals surface area contributed by atoms with Crippen molar-refractivity contribution in [2.75, 3.05) is 11.9 Å². The van der Waals surface area contributed by atoms with Gasteiger partial charge in [0.15, 0.2) is 12.4 Å². The fourth-order valence-corrected chi connectivity index (χ4v) is 2.14. The first kappa shape index (κ1) is 13.6. The topological polar surface area (TPSA) is 89.3 Å². The molecule has 7 heteroatoms. The van der Waals surface area contributed by atoms with Crippen LogP contribution in [0.2, 0.25) is 0 Å². The number of nitrogens with zero attached hydrogens (tertiary/aromatic N) is 2. The molecule has 1 aliphatic heterocycles. The van der Waals surface area contributed by atoms with E-state index in [9.17, 15) is 4.79 Å². The molecule has 1 amide bonds. The summed E-state index contributed by atoms with van der Waals surface area (Å²) in [7, 11) is 0. The lowest BCUT2D eigenvalue weighted by molar-refractivity contribution is -0.118. The number of carbonyl (C=O) groups excluding carboxylic acids is 1. The Bertz CT molecular complexity index is 668. The van der Waals surface area contributed by atoms with Crippen LogP contribution in [0.1, 0.15) is 30.2 Å². The molecule has 7 nitrogen and oxygen atoms in total. The molecule has 3 rings (SSSR count). The van der Waals surface area contributed by atoms with Gasteiger partial charge in [0, 0.05) is 6.04 Å². The third kappa shape index (κ3) is 3.03. The largest absolute Gasteiger partial charge is 0.482 e. The van der Waals surface area contributed by atoms with Gasteiger partial charge in [-0.3, -0.25) is 4.79 Å². The zero-order valence-corrected chi connectivity index (χ0v) is 11.8. The van der Waals surface area contributed by atoms with E-state index in [1.54, 1.807) is 6.92 Å². The van der Waals surface area contributed by atoms with Crippen LogP contribution in [0.15, 0.2) is 22.7 Å². The number of benzene rings is 1. The van der Waals surface area contributed by atoms with Crippen LogP contribution in [0.4, 0.5) is 5.69 Å². The van der Waals surface area contributed by atoms with Crippen LogP contribution >= 0.6 is 0 Å². The molecule has 0 saturated heterocycles. The Morgan fingerprint density at radius 1 is 1.48 bits per heavy atom. The zero-order valence-electron chi connectivity index (χ0n) is 11.8. The third-order valence-electron chi connectivity index (χ3n) is 3.27. The molecule has 1 aliphatic rings. The quantitative estimate of drug-likeness (QED) is 0.887. The van der Waals surface area contributed by atoms with Crippen molar-refractivity contribution in [2.45, 2.75) is 26.4 Å². The van der Waals surface area contributed by atoms with Crippen molar-refractivity contribution in [1.29, 1.82) is 0 Å². The average molecular weight is 288 g/mol. The summed E-state index contributed by atoms with van der Waals surface area (Å²) >= 11 is 0. The highest BCUT2D eigenvalue weighted by atomic mass is 16.5. The summed E-state index contributed by atoms with van der Waals surface area (Å²) in [5.41, 5.74) is 1.74. The van der Waals surface area contributed by atoms with Gasteiger partial charge in [-0.2, -0.15) is 4.98 Å². The number of ether oxygens (including phenoxy) is 1. The standard InChI is InChI=1S/C14H16N4O3/c1-8(15-6-14-16-9(2)18-21-14)10-3-4-12-11(5-10)17-13(19)7-20-12/h3-5,8,15H,6-7H2,1-2H3,(H,17,19). The molecule has 0 bridgehead atoms. The molecule has 1 aromatic heterocycles. The Kier molecular flexibility index (Phi) is 3.57. The Balaban J connectivity index is 1.68. The monoisotopic (exact) mass is 288 g/mol. The van der Waals surface area contributed by atoms with Gasteiger partial charge < -0.3 is 19.9 Å².